The van der Waals surface area contributed by atoms with E-state index in [1.54, 1.807) is 0 Å². The number of benzene rings is 2. The fourth-order valence-corrected chi connectivity index (χ4v) is 3.36. The SMILES string of the molecule is Cl.N[C@@H](Cc1c[nH]c2ccccc12)C(=O)NC1COc2ccccc2C1. The molecule has 4 N–H and O–H groups in total. The number of H-pyrrole nitrogens is 1. The summed E-state index contributed by atoms with van der Waals surface area (Å²) in [5.74, 6) is 0.759. The van der Waals surface area contributed by atoms with Crippen LogP contribution in [0, 0.1) is 0 Å². The fourth-order valence-electron chi connectivity index (χ4n) is 3.36. The van der Waals surface area contributed by atoms with E-state index >= 15 is 0 Å². The van der Waals surface area contributed by atoms with E-state index in [4.69, 9.17) is 10.5 Å². The number of amides is 1. The summed E-state index contributed by atoms with van der Waals surface area (Å²) >= 11 is 0. The molecule has 3 aromatic rings. The lowest BCUT2D eigenvalue weighted by molar-refractivity contribution is -0.123. The van der Waals surface area contributed by atoms with E-state index in [1.165, 1.54) is 0 Å². The smallest absolute Gasteiger partial charge is 0.237 e. The number of rotatable bonds is 4. The van der Waals surface area contributed by atoms with Crippen molar-refractivity contribution in [2.45, 2.75) is 24.9 Å². The van der Waals surface area contributed by atoms with E-state index in [2.05, 4.69) is 10.3 Å². The first-order chi connectivity index (χ1) is 12.2. The van der Waals surface area contributed by atoms with Gasteiger partial charge in [-0.3, -0.25) is 4.79 Å². The summed E-state index contributed by atoms with van der Waals surface area (Å²) in [6.07, 6.45) is 3.19. The maximum absolute atomic E-state index is 12.5. The fraction of sp³-hybridized carbons (Fsp3) is 0.250. The number of carbonyl (C=O) groups is 1. The highest BCUT2D eigenvalue weighted by Gasteiger charge is 2.24. The van der Waals surface area contributed by atoms with E-state index in [0.717, 1.165) is 34.2 Å². The summed E-state index contributed by atoms with van der Waals surface area (Å²) in [6, 6.07) is 15.3. The first-order valence-electron chi connectivity index (χ1n) is 8.52. The molecular formula is C20H22ClN3O2. The van der Waals surface area contributed by atoms with Crippen LogP contribution in [-0.4, -0.2) is 29.6 Å². The number of halogens is 1. The zero-order chi connectivity index (χ0) is 17.2. The minimum atomic E-state index is -0.587. The molecule has 0 saturated heterocycles. The van der Waals surface area contributed by atoms with E-state index in [-0.39, 0.29) is 24.4 Å². The quantitative estimate of drug-likeness (QED) is 0.659. The van der Waals surface area contributed by atoms with Gasteiger partial charge in [0.05, 0.1) is 12.1 Å². The van der Waals surface area contributed by atoms with Crippen LogP contribution >= 0.6 is 12.4 Å². The Morgan fingerprint density at radius 3 is 2.88 bits per heavy atom. The lowest BCUT2D eigenvalue weighted by Gasteiger charge is -2.27. The van der Waals surface area contributed by atoms with Crippen LogP contribution in [0.25, 0.3) is 10.9 Å². The monoisotopic (exact) mass is 371 g/mol. The summed E-state index contributed by atoms with van der Waals surface area (Å²) in [6.45, 7) is 0.475. The van der Waals surface area contributed by atoms with E-state index in [0.29, 0.717) is 13.0 Å². The van der Waals surface area contributed by atoms with Crippen LogP contribution in [-0.2, 0) is 17.6 Å². The first-order valence-corrected chi connectivity index (χ1v) is 8.52. The zero-order valence-electron chi connectivity index (χ0n) is 14.3. The Hall–Kier alpha value is -2.50. The maximum Gasteiger partial charge on any atom is 0.237 e. The van der Waals surface area contributed by atoms with Crippen molar-refractivity contribution in [3.63, 3.8) is 0 Å². The molecule has 136 valence electrons. The predicted molar refractivity (Wildman–Crippen MR) is 105 cm³/mol. The molecule has 1 aromatic heterocycles. The number of para-hydroxylation sites is 2. The number of aromatic amines is 1. The van der Waals surface area contributed by atoms with Gasteiger partial charge in [-0.05, 0) is 36.1 Å². The molecule has 2 atom stereocenters. The Balaban J connectivity index is 0.00000196. The van der Waals surface area contributed by atoms with Gasteiger partial charge in [0, 0.05) is 17.1 Å². The molecule has 0 fully saturated rings. The molecule has 0 aliphatic carbocycles. The summed E-state index contributed by atoms with van der Waals surface area (Å²) in [5, 5.41) is 4.13. The van der Waals surface area contributed by atoms with Crippen LogP contribution in [0.3, 0.4) is 0 Å². The lowest BCUT2D eigenvalue weighted by Crippen LogP contribution is -2.50. The summed E-state index contributed by atoms with van der Waals surface area (Å²) in [5.41, 5.74) is 9.38. The van der Waals surface area contributed by atoms with Crippen molar-refractivity contribution in [1.82, 2.24) is 10.3 Å². The molecule has 26 heavy (non-hydrogen) atoms. The second-order valence-corrected chi connectivity index (χ2v) is 6.50. The Labute approximate surface area is 158 Å². The molecule has 1 amide bonds. The second-order valence-electron chi connectivity index (χ2n) is 6.50. The molecule has 1 unspecified atom stereocenters. The molecule has 0 bridgehead atoms. The van der Waals surface area contributed by atoms with Crippen LogP contribution in [0.2, 0.25) is 0 Å². The van der Waals surface area contributed by atoms with Gasteiger partial charge in [-0.2, -0.15) is 0 Å². The lowest BCUT2D eigenvalue weighted by atomic mass is 10.0. The third-order valence-electron chi connectivity index (χ3n) is 4.68. The number of hydrogen-bond acceptors (Lipinski definition) is 3. The summed E-state index contributed by atoms with van der Waals surface area (Å²) in [4.78, 5) is 15.7. The molecule has 5 nitrogen and oxygen atoms in total. The van der Waals surface area contributed by atoms with Crippen molar-refractivity contribution < 1.29 is 9.53 Å². The largest absolute Gasteiger partial charge is 0.491 e. The van der Waals surface area contributed by atoms with Gasteiger partial charge < -0.3 is 20.8 Å². The van der Waals surface area contributed by atoms with Crippen LogP contribution in [0.5, 0.6) is 5.75 Å². The van der Waals surface area contributed by atoms with Crippen molar-refractivity contribution in [2.24, 2.45) is 5.73 Å². The molecule has 0 radical (unpaired) electrons. The standard InChI is InChI=1S/C20H21N3O2.ClH/c21-17(10-14-11-22-18-7-3-2-6-16(14)18)20(24)23-15-9-13-5-1-4-8-19(13)25-12-15;/h1-8,11,15,17,22H,9-10,12,21H2,(H,23,24);1H/t15?,17-;/m0./s1. The molecule has 2 heterocycles. The van der Waals surface area contributed by atoms with Gasteiger partial charge in [0.25, 0.3) is 0 Å². The molecule has 1 aliphatic heterocycles. The minimum absolute atomic E-state index is 0. The summed E-state index contributed by atoms with van der Waals surface area (Å²) in [7, 11) is 0. The molecule has 0 spiro atoms. The summed E-state index contributed by atoms with van der Waals surface area (Å²) < 4.78 is 5.72. The van der Waals surface area contributed by atoms with Crippen LogP contribution < -0.4 is 15.8 Å². The van der Waals surface area contributed by atoms with Crippen molar-refractivity contribution in [3.05, 3.63) is 65.9 Å². The predicted octanol–water partition coefficient (Wildman–Crippen LogP) is 2.58. The topological polar surface area (TPSA) is 80.1 Å². The molecule has 6 heteroatoms. The molecule has 0 saturated carbocycles. The third-order valence-corrected chi connectivity index (χ3v) is 4.68. The Morgan fingerprint density at radius 2 is 2.00 bits per heavy atom. The van der Waals surface area contributed by atoms with Gasteiger partial charge in [0.1, 0.15) is 12.4 Å². The first kappa shape index (κ1) is 18.3. The number of fused-ring (bicyclic) bond motifs is 2. The van der Waals surface area contributed by atoms with Gasteiger partial charge in [-0.1, -0.05) is 36.4 Å². The highest BCUT2D eigenvalue weighted by atomic mass is 35.5. The number of nitrogens with two attached hydrogens (primary N) is 1. The van der Waals surface area contributed by atoms with E-state index in [9.17, 15) is 4.79 Å². The number of aromatic nitrogens is 1. The number of ether oxygens (including phenoxy) is 1. The normalized spacial score (nSPS) is 16.9. The van der Waals surface area contributed by atoms with Gasteiger partial charge in [0.15, 0.2) is 0 Å². The minimum Gasteiger partial charge on any atom is -0.491 e. The van der Waals surface area contributed by atoms with E-state index in [1.807, 2.05) is 54.7 Å². The Kier molecular flexibility index (Phi) is 5.49. The van der Waals surface area contributed by atoms with Crippen LogP contribution in [0.4, 0.5) is 0 Å². The van der Waals surface area contributed by atoms with Crippen LogP contribution in [0.1, 0.15) is 11.1 Å². The maximum atomic E-state index is 12.5. The number of hydrogen-bond donors (Lipinski definition) is 3. The number of carbonyl (C=O) groups excluding carboxylic acids is 1. The Morgan fingerprint density at radius 1 is 1.23 bits per heavy atom. The van der Waals surface area contributed by atoms with Gasteiger partial charge in [-0.15, -0.1) is 12.4 Å². The average molecular weight is 372 g/mol. The van der Waals surface area contributed by atoms with Crippen molar-refractivity contribution in [1.29, 1.82) is 0 Å². The van der Waals surface area contributed by atoms with Gasteiger partial charge in [0.2, 0.25) is 5.91 Å². The zero-order valence-corrected chi connectivity index (χ0v) is 15.1. The van der Waals surface area contributed by atoms with Crippen molar-refractivity contribution >= 4 is 29.2 Å². The van der Waals surface area contributed by atoms with Crippen LogP contribution in [0.15, 0.2) is 54.7 Å². The third kappa shape index (κ3) is 3.69. The van der Waals surface area contributed by atoms with Gasteiger partial charge >= 0.3 is 0 Å². The molecular weight excluding hydrogens is 350 g/mol. The van der Waals surface area contributed by atoms with E-state index < -0.39 is 6.04 Å². The highest BCUT2D eigenvalue weighted by molar-refractivity contribution is 5.86. The molecule has 2 aromatic carbocycles. The Bertz CT molecular complexity index is 909. The average Bonchev–Trinajstić information content (AvgIpc) is 3.04. The number of nitrogens with one attached hydrogen (secondary N) is 2. The second kappa shape index (κ2) is 7.81. The van der Waals surface area contributed by atoms with Crippen molar-refractivity contribution in [2.75, 3.05) is 6.61 Å². The van der Waals surface area contributed by atoms with Crippen molar-refractivity contribution in [3.8, 4) is 5.75 Å². The molecule has 4 rings (SSSR count). The highest BCUT2D eigenvalue weighted by Crippen LogP contribution is 2.24. The molecule has 1 aliphatic rings. The van der Waals surface area contributed by atoms with Gasteiger partial charge in [-0.25, -0.2) is 0 Å².